The molecule has 3 rings (SSSR count). The molecule has 4 heteroatoms. The van der Waals surface area contributed by atoms with Crippen molar-refractivity contribution in [3.05, 3.63) is 71.7 Å². The summed E-state index contributed by atoms with van der Waals surface area (Å²) in [5, 5.41) is 8.94. The molecule has 0 saturated heterocycles. The van der Waals surface area contributed by atoms with Crippen LogP contribution in [0.5, 0.6) is 0 Å². The van der Waals surface area contributed by atoms with Crippen molar-refractivity contribution >= 4 is 16.6 Å². The molecule has 3 nitrogen and oxygen atoms in total. The summed E-state index contributed by atoms with van der Waals surface area (Å²) in [4.78, 5) is 0. The maximum Gasteiger partial charge on any atom is 0.124 e. The summed E-state index contributed by atoms with van der Waals surface area (Å²) in [6, 6.07) is 11.4. The standard InChI is InChI=1S/C23H28FN3/c1-15(2)20-8-7-9-22-21(20)13-27(26-22)14-23(4,5)18-10-17(16(3)25-6)11-19(24)12-18/h7-13,15,25H,3,14H2,1-2,4-6H3. The molecule has 3 aromatic rings. The van der Waals surface area contributed by atoms with Crippen molar-refractivity contribution in [3.63, 3.8) is 0 Å². The SMILES string of the molecule is C=C(NC)c1cc(F)cc(C(C)(C)Cn2cc3c(C(C)C)cccc3n2)c1. The molecule has 142 valence electrons. The van der Waals surface area contributed by atoms with Gasteiger partial charge in [-0.15, -0.1) is 0 Å². The summed E-state index contributed by atoms with van der Waals surface area (Å²) in [6.07, 6.45) is 2.11. The number of nitrogens with zero attached hydrogens (tertiary/aromatic N) is 2. The van der Waals surface area contributed by atoms with Crippen LogP contribution < -0.4 is 5.32 Å². The highest BCUT2D eigenvalue weighted by Crippen LogP contribution is 2.30. The number of rotatable bonds is 6. The fraction of sp³-hybridized carbons (Fsp3) is 0.348. The van der Waals surface area contributed by atoms with Gasteiger partial charge in [0.1, 0.15) is 5.82 Å². The maximum atomic E-state index is 14.2. The molecule has 0 spiro atoms. The van der Waals surface area contributed by atoms with Crippen LogP contribution in [0.25, 0.3) is 16.6 Å². The first-order valence-corrected chi connectivity index (χ1v) is 9.35. The fourth-order valence-electron chi connectivity index (χ4n) is 3.49. The Balaban J connectivity index is 1.97. The second-order valence-corrected chi connectivity index (χ2v) is 8.10. The van der Waals surface area contributed by atoms with Gasteiger partial charge in [0.05, 0.1) is 12.1 Å². The van der Waals surface area contributed by atoms with E-state index in [0.29, 0.717) is 18.2 Å². The Bertz CT molecular complexity index is 982. The Kier molecular flexibility index (Phi) is 5.09. The summed E-state index contributed by atoms with van der Waals surface area (Å²) < 4.78 is 16.2. The molecule has 0 aliphatic carbocycles. The van der Waals surface area contributed by atoms with Gasteiger partial charge in [0.15, 0.2) is 0 Å². The second kappa shape index (κ2) is 7.18. The van der Waals surface area contributed by atoms with Crippen molar-refractivity contribution in [3.8, 4) is 0 Å². The second-order valence-electron chi connectivity index (χ2n) is 8.10. The highest BCUT2D eigenvalue weighted by atomic mass is 19.1. The first-order valence-electron chi connectivity index (χ1n) is 9.35. The molecule has 0 fully saturated rings. The highest BCUT2D eigenvalue weighted by Gasteiger charge is 2.24. The third-order valence-corrected chi connectivity index (χ3v) is 5.14. The van der Waals surface area contributed by atoms with E-state index in [1.54, 1.807) is 13.1 Å². The number of fused-ring (bicyclic) bond motifs is 1. The molecule has 0 bridgehead atoms. The first-order chi connectivity index (χ1) is 12.7. The quantitative estimate of drug-likeness (QED) is 0.628. The van der Waals surface area contributed by atoms with Crippen LogP contribution in [0.3, 0.4) is 0 Å². The Morgan fingerprint density at radius 3 is 2.67 bits per heavy atom. The molecule has 0 aliphatic heterocycles. The molecular weight excluding hydrogens is 337 g/mol. The minimum absolute atomic E-state index is 0.250. The molecule has 27 heavy (non-hydrogen) atoms. The molecule has 0 unspecified atom stereocenters. The summed E-state index contributed by atoms with van der Waals surface area (Å²) in [6.45, 7) is 13.2. The van der Waals surface area contributed by atoms with Crippen molar-refractivity contribution in [2.75, 3.05) is 7.05 Å². The summed E-state index contributed by atoms with van der Waals surface area (Å²) in [5.41, 5.74) is 4.42. The molecule has 0 amide bonds. The predicted molar refractivity (Wildman–Crippen MR) is 111 cm³/mol. The zero-order valence-corrected chi connectivity index (χ0v) is 16.8. The molecule has 0 saturated carbocycles. The average molecular weight is 365 g/mol. The molecule has 0 radical (unpaired) electrons. The Hall–Kier alpha value is -2.62. The van der Waals surface area contributed by atoms with Gasteiger partial charge in [-0.1, -0.05) is 46.4 Å². The number of aromatic nitrogens is 2. The fourth-order valence-corrected chi connectivity index (χ4v) is 3.49. The van der Waals surface area contributed by atoms with E-state index in [9.17, 15) is 4.39 Å². The number of halogens is 1. The highest BCUT2D eigenvalue weighted by molar-refractivity contribution is 5.82. The minimum atomic E-state index is -0.287. The summed E-state index contributed by atoms with van der Waals surface area (Å²) in [7, 11) is 1.79. The van der Waals surface area contributed by atoms with Crippen LogP contribution in [0.2, 0.25) is 0 Å². The third-order valence-electron chi connectivity index (χ3n) is 5.14. The largest absolute Gasteiger partial charge is 0.388 e. The average Bonchev–Trinajstić information content (AvgIpc) is 3.01. The van der Waals surface area contributed by atoms with Gasteiger partial charge in [0.2, 0.25) is 0 Å². The van der Waals surface area contributed by atoms with E-state index in [4.69, 9.17) is 5.10 Å². The van der Waals surface area contributed by atoms with Crippen LogP contribution in [-0.2, 0) is 12.0 Å². The number of benzene rings is 2. The molecule has 2 aromatic carbocycles. The van der Waals surface area contributed by atoms with Crippen LogP contribution in [-0.4, -0.2) is 16.8 Å². The maximum absolute atomic E-state index is 14.2. The van der Waals surface area contributed by atoms with Crippen LogP contribution in [0.4, 0.5) is 4.39 Å². The van der Waals surface area contributed by atoms with Gasteiger partial charge in [-0.3, -0.25) is 4.68 Å². The summed E-state index contributed by atoms with van der Waals surface area (Å²) >= 11 is 0. The molecule has 1 heterocycles. The Morgan fingerprint density at radius 1 is 1.26 bits per heavy atom. The number of hydrogen-bond donors (Lipinski definition) is 1. The van der Waals surface area contributed by atoms with E-state index < -0.39 is 0 Å². The molecule has 0 atom stereocenters. The Morgan fingerprint density at radius 2 is 2.00 bits per heavy atom. The van der Waals surface area contributed by atoms with E-state index in [-0.39, 0.29) is 11.2 Å². The van der Waals surface area contributed by atoms with Crippen molar-refractivity contribution < 1.29 is 4.39 Å². The topological polar surface area (TPSA) is 29.9 Å². The van der Waals surface area contributed by atoms with Gasteiger partial charge < -0.3 is 5.32 Å². The lowest BCUT2D eigenvalue weighted by Crippen LogP contribution is -2.25. The lowest BCUT2D eigenvalue weighted by Gasteiger charge is -2.26. The van der Waals surface area contributed by atoms with Gasteiger partial charge in [0, 0.05) is 35.3 Å². The van der Waals surface area contributed by atoms with Gasteiger partial charge in [0.25, 0.3) is 0 Å². The van der Waals surface area contributed by atoms with E-state index in [1.165, 1.54) is 17.0 Å². The van der Waals surface area contributed by atoms with E-state index in [0.717, 1.165) is 16.6 Å². The molecule has 0 aliphatic rings. The number of nitrogens with one attached hydrogen (secondary N) is 1. The minimum Gasteiger partial charge on any atom is -0.388 e. The first kappa shape index (κ1) is 19.2. The molecular formula is C23H28FN3. The van der Waals surface area contributed by atoms with Crippen molar-refractivity contribution in [2.24, 2.45) is 0 Å². The van der Waals surface area contributed by atoms with Crippen molar-refractivity contribution in [2.45, 2.75) is 45.6 Å². The normalized spacial score (nSPS) is 12.0. The van der Waals surface area contributed by atoms with Crippen molar-refractivity contribution in [1.29, 1.82) is 0 Å². The van der Waals surface area contributed by atoms with Crippen LogP contribution >= 0.6 is 0 Å². The third kappa shape index (κ3) is 3.90. The van der Waals surface area contributed by atoms with Crippen LogP contribution in [0.1, 0.15) is 50.3 Å². The lowest BCUT2D eigenvalue weighted by atomic mass is 9.83. The van der Waals surface area contributed by atoms with Gasteiger partial charge in [-0.25, -0.2) is 4.39 Å². The summed E-state index contributed by atoms with van der Waals surface area (Å²) in [5.74, 6) is 0.192. The number of hydrogen-bond acceptors (Lipinski definition) is 2. The van der Waals surface area contributed by atoms with Crippen molar-refractivity contribution in [1.82, 2.24) is 15.1 Å². The van der Waals surface area contributed by atoms with Gasteiger partial charge in [-0.2, -0.15) is 5.10 Å². The zero-order chi connectivity index (χ0) is 19.8. The van der Waals surface area contributed by atoms with Gasteiger partial charge in [-0.05, 0) is 41.3 Å². The Labute approximate surface area is 160 Å². The van der Waals surface area contributed by atoms with E-state index in [1.807, 2.05) is 16.8 Å². The van der Waals surface area contributed by atoms with E-state index in [2.05, 4.69) is 57.9 Å². The predicted octanol–water partition coefficient (Wildman–Crippen LogP) is 5.47. The lowest BCUT2D eigenvalue weighted by molar-refractivity contribution is 0.408. The molecule has 1 aromatic heterocycles. The molecule has 1 N–H and O–H groups in total. The van der Waals surface area contributed by atoms with Gasteiger partial charge >= 0.3 is 0 Å². The monoisotopic (exact) mass is 365 g/mol. The van der Waals surface area contributed by atoms with Crippen LogP contribution in [0, 0.1) is 5.82 Å². The zero-order valence-electron chi connectivity index (χ0n) is 16.8. The van der Waals surface area contributed by atoms with Crippen LogP contribution in [0.15, 0.2) is 49.2 Å². The smallest absolute Gasteiger partial charge is 0.124 e. The van der Waals surface area contributed by atoms with E-state index >= 15 is 0 Å².